The number of phenols is 2. The summed E-state index contributed by atoms with van der Waals surface area (Å²) in [5.41, 5.74) is 4.22. The van der Waals surface area contributed by atoms with Crippen molar-refractivity contribution >= 4 is 56.2 Å². The lowest BCUT2D eigenvalue weighted by Crippen LogP contribution is -2.33. The number of aryl methyl sites for hydroxylation is 2. The minimum absolute atomic E-state index is 0.0568. The van der Waals surface area contributed by atoms with Gasteiger partial charge in [0.15, 0.2) is 17.1 Å². The minimum atomic E-state index is -1.48. The van der Waals surface area contributed by atoms with Gasteiger partial charge >= 0.3 is 5.97 Å². The lowest BCUT2D eigenvalue weighted by atomic mass is 9.77. The fourth-order valence-electron chi connectivity index (χ4n) is 9.94. The van der Waals surface area contributed by atoms with Crippen LogP contribution in [0.25, 0.3) is 21.4 Å². The molecule has 0 unspecified atom stereocenters. The van der Waals surface area contributed by atoms with Crippen LogP contribution in [0.15, 0.2) is 114 Å². The molecule has 4 aromatic carbocycles. The molecule has 5 aromatic heterocycles. The number of aromatic nitrogens is 9. The fourth-order valence-corrected chi connectivity index (χ4v) is 10.8. The van der Waals surface area contributed by atoms with Crippen LogP contribution in [0.2, 0.25) is 0 Å². The van der Waals surface area contributed by atoms with E-state index in [1.54, 1.807) is 47.3 Å². The van der Waals surface area contributed by atoms with E-state index in [1.165, 1.54) is 48.0 Å². The van der Waals surface area contributed by atoms with Crippen molar-refractivity contribution in [3.8, 4) is 23.0 Å². The number of hydrogen-bond acceptors (Lipinski definition) is 19. The van der Waals surface area contributed by atoms with E-state index in [0.717, 1.165) is 38.0 Å². The summed E-state index contributed by atoms with van der Waals surface area (Å²) >= 11 is 1.50. The van der Waals surface area contributed by atoms with Crippen molar-refractivity contribution in [2.75, 3.05) is 25.0 Å². The molecule has 8 heterocycles. The van der Waals surface area contributed by atoms with Gasteiger partial charge in [-0.3, -0.25) is 19.3 Å². The van der Waals surface area contributed by atoms with Gasteiger partial charge in [-0.25, -0.2) is 29.1 Å². The molecule has 1 amide bonds. The molecule has 12 rings (SSSR count). The number of H-pyrrole nitrogens is 1. The van der Waals surface area contributed by atoms with Crippen LogP contribution in [0.5, 0.6) is 23.0 Å². The average molecular weight is 1070 g/mol. The number of anilines is 1. The number of nitrogens with zero attached hydrogens (tertiary/aromatic N) is 10. The third-order valence-corrected chi connectivity index (χ3v) is 15.0. The van der Waals surface area contributed by atoms with Crippen molar-refractivity contribution in [1.82, 2.24) is 55.5 Å². The van der Waals surface area contributed by atoms with E-state index in [9.17, 15) is 29.0 Å². The van der Waals surface area contributed by atoms with E-state index >= 15 is 0 Å². The van der Waals surface area contributed by atoms with Crippen LogP contribution in [-0.2, 0) is 53.9 Å². The summed E-state index contributed by atoms with van der Waals surface area (Å²) in [6.07, 6.45) is 9.17. The molecule has 23 heteroatoms. The summed E-state index contributed by atoms with van der Waals surface area (Å²) in [6, 6.07) is 22.6. The lowest BCUT2D eigenvalue weighted by Gasteiger charge is -2.36. The van der Waals surface area contributed by atoms with E-state index in [1.807, 2.05) is 24.4 Å². The van der Waals surface area contributed by atoms with Gasteiger partial charge in [0.1, 0.15) is 57.1 Å². The van der Waals surface area contributed by atoms with Gasteiger partial charge in [0.25, 0.3) is 5.91 Å². The number of carbonyl (C=O) groups is 3. The summed E-state index contributed by atoms with van der Waals surface area (Å²) in [4.78, 5) is 66.5. The number of carbonyl (C=O) groups excluding carboxylic acids is 3. The normalized spacial score (nSPS) is 14.2. The molecule has 0 fully saturated rings. The first-order valence-corrected chi connectivity index (χ1v) is 26.3. The smallest absolute Gasteiger partial charge is 0.340 e. The highest BCUT2D eigenvalue weighted by Crippen LogP contribution is 2.57. The summed E-state index contributed by atoms with van der Waals surface area (Å²) in [5.74, 6) is 0.549. The van der Waals surface area contributed by atoms with Crippen LogP contribution in [0.3, 0.4) is 0 Å². The predicted molar refractivity (Wildman–Crippen MR) is 282 cm³/mol. The van der Waals surface area contributed by atoms with E-state index < -0.39 is 17.2 Å². The van der Waals surface area contributed by atoms with Crippen molar-refractivity contribution in [3.05, 3.63) is 165 Å². The number of hydrogen-bond donors (Lipinski definition) is 6. The Morgan fingerprint density at radius 3 is 2.47 bits per heavy atom. The largest absolute Gasteiger partial charge is 0.508 e. The summed E-state index contributed by atoms with van der Waals surface area (Å²) < 4.78 is 28.0. The fraction of sp³-hybridized carbons (Fsp3) is 0.273. The van der Waals surface area contributed by atoms with Gasteiger partial charge in [-0.05, 0) is 85.1 Å². The number of ether oxygens (including phenoxy) is 2. The zero-order chi connectivity index (χ0) is 53.4. The van der Waals surface area contributed by atoms with Crippen LogP contribution in [-0.4, -0.2) is 98.1 Å². The Balaban J connectivity index is 0.567. The molecule has 394 valence electrons. The third-order valence-electron chi connectivity index (χ3n) is 14.0. The Kier molecular flexibility index (Phi) is 13.3. The first-order valence-electron chi connectivity index (χ1n) is 25.5. The molecule has 0 saturated carbocycles. The number of imidazole rings is 1. The summed E-state index contributed by atoms with van der Waals surface area (Å²) in [6.45, 7) is 2.42. The molecule has 0 saturated heterocycles. The van der Waals surface area contributed by atoms with Gasteiger partial charge in [-0.2, -0.15) is 10.2 Å². The van der Waals surface area contributed by atoms with E-state index in [-0.39, 0.29) is 59.0 Å². The maximum Gasteiger partial charge on any atom is 0.340 e. The monoisotopic (exact) mass is 1070 g/mol. The number of esters is 1. The third kappa shape index (κ3) is 10.2. The Morgan fingerprint density at radius 2 is 1.67 bits per heavy atom. The zero-order valence-electron chi connectivity index (χ0n) is 41.7. The molecule has 0 bridgehead atoms. The number of aromatic hydroxyl groups is 2. The lowest BCUT2D eigenvalue weighted by molar-refractivity contribution is -0.118. The first-order chi connectivity index (χ1) is 38.0. The number of ketones is 1. The zero-order valence-corrected chi connectivity index (χ0v) is 42.5. The number of nitrogens with one attached hydrogen (secondary N) is 4. The van der Waals surface area contributed by atoms with Crippen LogP contribution < -0.4 is 20.7 Å². The number of aromatic amines is 1. The highest BCUT2D eigenvalue weighted by atomic mass is 32.1. The van der Waals surface area contributed by atoms with Crippen LogP contribution in [0, 0.1) is 5.82 Å². The Labute approximate surface area is 447 Å². The molecule has 21 nitrogen and oxygen atoms in total. The van der Waals surface area contributed by atoms with Gasteiger partial charge in [-0.15, -0.1) is 5.10 Å². The van der Waals surface area contributed by atoms with Crippen molar-refractivity contribution in [2.45, 2.75) is 75.7 Å². The second-order valence-corrected chi connectivity index (χ2v) is 20.4. The predicted octanol–water partition coefficient (Wildman–Crippen LogP) is 7.56. The number of amides is 1. The van der Waals surface area contributed by atoms with Crippen LogP contribution in [0.4, 0.5) is 10.2 Å². The van der Waals surface area contributed by atoms with Gasteiger partial charge in [-0.1, -0.05) is 22.6 Å². The number of rotatable bonds is 22. The Morgan fingerprint density at radius 1 is 0.846 bits per heavy atom. The highest BCUT2D eigenvalue weighted by molar-refractivity contribution is 7.18. The van der Waals surface area contributed by atoms with Gasteiger partial charge < -0.3 is 40.6 Å². The Hall–Kier alpha value is -9.09. The van der Waals surface area contributed by atoms with Gasteiger partial charge in [0.2, 0.25) is 0 Å². The molecule has 0 radical (unpaired) electrons. The molecule has 6 N–H and O–H groups in total. The SMILES string of the molecule is O=C(CCC1(CCc2cn(CCCNC(=O)c3ccc4c(c3)C3(OC4=O)c4ccc(O)cc4Oc4cc(O)ccc43)nn2)N=N1)Cc1ccc2nc(CCNCCc3nc4c(NCc5ncccc5F)ncnc4s3)[nH]c2c1. The highest BCUT2D eigenvalue weighted by Gasteiger charge is 2.54. The molecular formula is C55H49FN14O7S. The summed E-state index contributed by atoms with van der Waals surface area (Å²) in [7, 11) is 0. The Bertz CT molecular complexity index is 3780. The number of thiazole rings is 1. The molecule has 78 heavy (non-hydrogen) atoms. The maximum atomic E-state index is 14.1. The molecule has 9 aromatic rings. The quantitative estimate of drug-likeness (QED) is 0.0282. The van der Waals surface area contributed by atoms with Gasteiger partial charge in [0, 0.05) is 111 Å². The number of fused-ring (bicyclic) bond motifs is 8. The average Bonchev–Trinajstić information content (AvgIpc) is 3.63. The van der Waals surface area contributed by atoms with E-state index in [2.05, 4.69) is 56.4 Å². The number of pyridine rings is 1. The van der Waals surface area contributed by atoms with E-state index in [4.69, 9.17) is 19.4 Å². The van der Waals surface area contributed by atoms with Crippen molar-refractivity contribution < 1.29 is 38.5 Å². The van der Waals surface area contributed by atoms with Crippen LogP contribution >= 0.6 is 11.3 Å². The molecule has 0 atom stereocenters. The number of Topliss-reactive ketones (excluding diaryl/α,β-unsaturated/α-hetero) is 1. The molecular weight excluding hydrogens is 1020 g/mol. The molecule has 1 spiro atoms. The minimum Gasteiger partial charge on any atom is -0.508 e. The molecule has 0 aliphatic carbocycles. The number of phenolic OH excluding ortho intramolecular Hbond substituents is 2. The molecule has 3 aliphatic heterocycles. The molecule has 3 aliphatic rings. The second kappa shape index (κ2) is 20.8. The summed E-state index contributed by atoms with van der Waals surface area (Å²) in [5, 5.41) is 48.2. The number of halogens is 1. The topological polar surface area (TPSA) is 282 Å². The van der Waals surface area contributed by atoms with Crippen LogP contribution in [0.1, 0.15) is 90.9 Å². The maximum absolute atomic E-state index is 14.1. The van der Waals surface area contributed by atoms with E-state index in [0.29, 0.717) is 110 Å². The van der Waals surface area contributed by atoms with Crippen molar-refractivity contribution in [1.29, 1.82) is 0 Å². The number of benzene rings is 4. The van der Waals surface area contributed by atoms with Crippen molar-refractivity contribution in [3.63, 3.8) is 0 Å². The van der Waals surface area contributed by atoms with Gasteiger partial charge in [0.05, 0.1) is 39.5 Å². The first kappa shape index (κ1) is 49.8. The standard InChI is InChI=1S/C55H49FN14O7S/c56-41-3-1-18-58-44(41)28-60-50-49-52(62-30-61-50)78-48(65-49)15-21-57-20-14-47-63-42-11-4-31(24-43(42)64-47)23-36(73)13-17-54(67-68-54)16-12-33-29-70(69-66-33)22-2-19-59-51(74)32-5-8-37-40(25-32)55(77-53(37)75)38-9-6-34(71)26-45(38)76-46-27-35(72)7-10-39(46)55/h1,3-11,18,24-27,29-30,57,71-72H,2,12-17,19-23,28H2,(H,59,74)(H,63,64)(H,60,61,62). The second-order valence-electron chi connectivity index (χ2n) is 19.3. The van der Waals surface area contributed by atoms with Crippen molar-refractivity contribution in [2.24, 2.45) is 10.2 Å².